The van der Waals surface area contributed by atoms with Crippen LogP contribution in [0.15, 0.2) is 30.6 Å². The molecule has 0 spiro atoms. The number of benzene rings is 1. The molecule has 1 unspecified atom stereocenters. The van der Waals surface area contributed by atoms with Crippen LogP contribution in [-0.4, -0.2) is 53.9 Å². The van der Waals surface area contributed by atoms with Crippen LogP contribution in [0.3, 0.4) is 0 Å². The zero-order valence-electron chi connectivity index (χ0n) is 13.6. The highest BCUT2D eigenvalue weighted by molar-refractivity contribution is 5.93. The number of fused-ring (bicyclic) bond motifs is 1. The highest BCUT2D eigenvalue weighted by Gasteiger charge is 2.33. The first-order chi connectivity index (χ1) is 12.2. The summed E-state index contributed by atoms with van der Waals surface area (Å²) in [4.78, 5) is 34.3. The van der Waals surface area contributed by atoms with Crippen molar-refractivity contribution in [1.29, 1.82) is 0 Å². The first kappa shape index (κ1) is 15.6. The van der Waals surface area contributed by atoms with Crippen molar-refractivity contribution in [2.24, 2.45) is 0 Å². The fourth-order valence-corrected chi connectivity index (χ4v) is 3.31. The Labute approximate surface area is 144 Å². The number of carbonyl (C=O) groups is 2. The van der Waals surface area contributed by atoms with Crippen molar-refractivity contribution in [3.8, 4) is 0 Å². The standard InChI is InChI=1S/C17H18N4O4/c22-16(18-8-11-9-24-17(23)25-11)14-6-3-7-21(14)15-12-4-1-2-5-13(12)19-10-20-15/h1-2,4-5,10-11,14H,3,6-9H2,(H,18,22)/t11-,14?/m0/s1. The van der Waals surface area contributed by atoms with Crippen molar-refractivity contribution in [3.05, 3.63) is 30.6 Å². The fourth-order valence-electron chi connectivity index (χ4n) is 3.31. The molecular weight excluding hydrogens is 324 g/mol. The van der Waals surface area contributed by atoms with E-state index in [1.165, 1.54) is 6.33 Å². The molecule has 3 heterocycles. The monoisotopic (exact) mass is 342 g/mol. The molecule has 25 heavy (non-hydrogen) atoms. The normalized spacial score (nSPS) is 22.7. The lowest BCUT2D eigenvalue weighted by molar-refractivity contribution is -0.122. The molecule has 2 atom stereocenters. The van der Waals surface area contributed by atoms with E-state index in [4.69, 9.17) is 9.47 Å². The van der Waals surface area contributed by atoms with E-state index in [0.29, 0.717) is 0 Å². The zero-order valence-corrected chi connectivity index (χ0v) is 13.6. The maximum absolute atomic E-state index is 12.6. The van der Waals surface area contributed by atoms with E-state index >= 15 is 0 Å². The first-order valence-corrected chi connectivity index (χ1v) is 8.30. The molecule has 130 valence electrons. The van der Waals surface area contributed by atoms with Crippen molar-refractivity contribution in [2.75, 3.05) is 24.6 Å². The minimum atomic E-state index is -0.686. The van der Waals surface area contributed by atoms with Gasteiger partial charge in [0.2, 0.25) is 5.91 Å². The number of nitrogens with one attached hydrogen (secondary N) is 1. The van der Waals surface area contributed by atoms with E-state index in [1.54, 1.807) is 0 Å². The number of cyclic esters (lactones) is 2. The molecule has 2 aliphatic heterocycles. The second-order valence-electron chi connectivity index (χ2n) is 6.11. The first-order valence-electron chi connectivity index (χ1n) is 8.30. The summed E-state index contributed by atoms with van der Waals surface area (Å²) in [6.45, 7) is 1.18. The maximum atomic E-state index is 12.6. The Morgan fingerprint density at radius 1 is 1.32 bits per heavy atom. The molecular formula is C17H18N4O4. The molecule has 2 aromatic rings. The SMILES string of the molecule is O=C1OC[C@H](CNC(=O)C2CCCN2c2ncnc3ccccc23)O1. The number of hydrogen-bond donors (Lipinski definition) is 1. The number of rotatable bonds is 4. The summed E-state index contributed by atoms with van der Waals surface area (Å²) in [6.07, 6.45) is 2.09. The fraction of sp³-hybridized carbons (Fsp3) is 0.412. The van der Waals surface area contributed by atoms with E-state index in [0.717, 1.165) is 36.1 Å². The Balaban J connectivity index is 1.50. The van der Waals surface area contributed by atoms with Crippen LogP contribution in [0.4, 0.5) is 10.6 Å². The summed E-state index contributed by atoms with van der Waals surface area (Å²) in [6, 6.07) is 7.47. The minimum Gasteiger partial charge on any atom is -0.430 e. The number of ether oxygens (including phenoxy) is 2. The summed E-state index contributed by atoms with van der Waals surface area (Å²) in [5.41, 5.74) is 0.855. The lowest BCUT2D eigenvalue weighted by atomic mass is 10.1. The maximum Gasteiger partial charge on any atom is 0.508 e. The van der Waals surface area contributed by atoms with E-state index in [1.807, 2.05) is 29.2 Å². The van der Waals surface area contributed by atoms with Crippen LogP contribution >= 0.6 is 0 Å². The molecule has 4 rings (SSSR count). The van der Waals surface area contributed by atoms with E-state index in [9.17, 15) is 9.59 Å². The third-order valence-electron chi connectivity index (χ3n) is 4.50. The number of amides is 1. The molecule has 2 fully saturated rings. The number of anilines is 1. The predicted molar refractivity (Wildman–Crippen MR) is 89.1 cm³/mol. The van der Waals surface area contributed by atoms with Gasteiger partial charge < -0.3 is 19.7 Å². The van der Waals surface area contributed by atoms with E-state index in [-0.39, 0.29) is 25.1 Å². The van der Waals surface area contributed by atoms with Gasteiger partial charge in [0.1, 0.15) is 24.8 Å². The van der Waals surface area contributed by atoms with Crippen LogP contribution in [0.5, 0.6) is 0 Å². The highest BCUT2D eigenvalue weighted by Crippen LogP contribution is 2.29. The van der Waals surface area contributed by atoms with Crippen molar-refractivity contribution < 1.29 is 19.1 Å². The Morgan fingerprint density at radius 2 is 2.20 bits per heavy atom. The molecule has 1 amide bonds. The summed E-state index contributed by atoms with van der Waals surface area (Å²) in [7, 11) is 0. The Bertz CT molecular complexity index is 807. The number of hydrogen-bond acceptors (Lipinski definition) is 7. The predicted octanol–water partition coefficient (Wildman–Crippen LogP) is 1.25. The van der Waals surface area contributed by atoms with Gasteiger partial charge in [-0.1, -0.05) is 12.1 Å². The van der Waals surface area contributed by atoms with Gasteiger partial charge in [-0.2, -0.15) is 0 Å². The second kappa shape index (κ2) is 6.54. The van der Waals surface area contributed by atoms with Crippen molar-refractivity contribution >= 4 is 28.8 Å². The van der Waals surface area contributed by atoms with Crippen LogP contribution in [0, 0.1) is 0 Å². The lowest BCUT2D eigenvalue weighted by Gasteiger charge is -2.26. The van der Waals surface area contributed by atoms with Crippen molar-refractivity contribution in [3.63, 3.8) is 0 Å². The van der Waals surface area contributed by atoms with E-state index < -0.39 is 12.3 Å². The number of aromatic nitrogens is 2. The topological polar surface area (TPSA) is 93.7 Å². The lowest BCUT2D eigenvalue weighted by Crippen LogP contribution is -2.46. The molecule has 1 N–H and O–H groups in total. The zero-order chi connectivity index (χ0) is 17.2. The summed E-state index contributed by atoms with van der Waals surface area (Å²) in [5.74, 6) is 0.682. The highest BCUT2D eigenvalue weighted by atomic mass is 16.8. The molecule has 0 aliphatic carbocycles. The van der Waals surface area contributed by atoms with Crippen LogP contribution in [0.2, 0.25) is 0 Å². The smallest absolute Gasteiger partial charge is 0.430 e. The van der Waals surface area contributed by atoms with Gasteiger partial charge in [-0.15, -0.1) is 0 Å². The molecule has 2 saturated heterocycles. The number of para-hydroxylation sites is 1. The van der Waals surface area contributed by atoms with E-state index in [2.05, 4.69) is 15.3 Å². The molecule has 1 aromatic carbocycles. The van der Waals surface area contributed by atoms with Gasteiger partial charge in [-0.05, 0) is 25.0 Å². The summed E-state index contributed by atoms with van der Waals surface area (Å²) < 4.78 is 9.66. The molecule has 1 aromatic heterocycles. The van der Waals surface area contributed by atoms with Crippen molar-refractivity contribution in [2.45, 2.75) is 25.0 Å². The van der Waals surface area contributed by atoms with Gasteiger partial charge >= 0.3 is 6.16 Å². The van der Waals surface area contributed by atoms with Gasteiger partial charge in [0, 0.05) is 11.9 Å². The molecule has 2 aliphatic rings. The van der Waals surface area contributed by atoms with Gasteiger partial charge in [-0.3, -0.25) is 4.79 Å². The van der Waals surface area contributed by atoms with Crippen LogP contribution in [-0.2, 0) is 14.3 Å². The molecule has 8 nitrogen and oxygen atoms in total. The molecule has 0 saturated carbocycles. The third kappa shape index (κ3) is 3.07. The Morgan fingerprint density at radius 3 is 3.04 bits per heavy atom. The average Bonchev–Trinajstić information content (AvgIpc) is 3.28. The Hall–Kier alpha value is -2.90. The van der Waals surface area contributed by atoms with Crippen LogP contribution < -0.4 is 10.2 Å². The minimum absolute atomic E-state index is 0.0943. The van der Waals surface area contributed by atoms with Crippen LogP contribution in [0.1, 0.15) is 12.8 Å². The Kier molecular flexibility index (Phi) is 4.09. The average molecular weight is 342 g/mol. The van der Waals surface area contributed by atoms with Crippen molar-refractivity contribution in [1.82, 2.24) is 15.3 Å². The second-order valence-corrected chi connectivity index (χ2v) is 6.11. The quantitative estimate of drug-likeness (QED) is 0.836. The van der Waals surface area contributed by atoms with Gasteiger partial charge in [0.15, 0.2) is 6.10 Å². The summed E-state index contributed by atoms with van der Waals surface area (Å²) in [5, 5.41) is 3.79. The van der Waals surface area contributed by atoms with Gasteiger partial charge in [-0.25, -0.2) is 14.8 Å². The molecule has 0 bridgehead atoms. The van der Waals surface area contributed by atoms with Gasteiger partial charge in [0.05, 0.1) is 12.1 Å². The number of carbonyl (C=O) groups excluding carboxylic acids is 2. The molecule has 0 radical (unpaired) electrons. The molecule has 8 heteroatoms. The number of nitrogens with zero attached hydrogens (tertiary/aromatic N) is 3. The largest absolute Gasteiger partial charge is 0.508 e. The summed E-state index contributed by atoms with van der Waals surface area (Å²) >= 11 is 0. The third-order valence-corrected chi connectivity index (χ3v) is 4.50. The van der Waals surface area contributed by atoms with Gasteiger partial charge in [0.25, 0.3) is 0 Å². The van der Waals surface area contributed by atoms with Crippen LogP contribution in [0.25, 0.3) is 10.9 Å².